The van der Waals surface area contributed by atoms with Gasteiger partial charge in [0.25, 0.3) is 0 Å². The van der Waals surface area contributed by atoms with E-state index in [1.54, 1.807) is 25.1 Å². The molecular formula is C17H22FNO3. The van der Waals surface area contributed by atoms with Crippen LogP contribution in [0.25, 0.3) is 0 Å². The summed E-state index contributed by atoms with van der Waals surface area (Å²) in [6.45, 7) is 5.28. The fraction of sp³-hybridized carbons (Fsp3) is 0.412. The van der Waals surface area contributed by atoms with Crippen molar-refractivity contribution in [2.24, 2.45) is 5.92 Å². The quantitative estimate of drug-likeness (QED) is 0.689. The molecule has 2 atom stereocenters. The Bertz CT molecular complexity index is 530. The highest BCUT2D eigenvalue weighted by molar-refractivity contribution is 5.84. The molecule has 1 rings (SSSR count). The third-order valence-corrected chi connectivity index (χ3v) is 3.48. The zero-order valence-corrected chi connectivity index (χ0v) is 12.7. The van der Waals surface area contributed by atoms with Gasteiger partial charge in [-0.05, 0) is 43.4 Å². The molecule has 0 aliphatic carbocycles. The van der Waals surface area contributed by atoms with Crippen molar-refractivity contribution in [2.45, 2.75) is 38.6 Å². The van der Waals surface area contributed by atoms with Gasteiger partial charge in [0.05, 0.1) is 0 Å². The van der Waals surface area contributed by atoms with E-state index >= 15 is 0 Å². The summed E-state index contributed by atoms with van der Waals surface area (Å²) in [5, 5.41) is 11.6. The molecule has 0 fully saturated rings. The Morgan fingerprint density at radius 2 is 2.14 bits per heavy atom. The molecule has 2 unspecified atom stereocenters. The Hall–Kier alpha value is -2.17. The van der Waals surface area contributed by atoms with Crippen LogP contribution in [0.3, 0.4) is 0 Å². The average Bonchev–Trinajstić information content (AvgIpc) is 2.48. The molecule has 0 bridgehead atoms. The second-order valence-corrected chi connectivity index (χ2v) is 5.34. The van der Waals surface area contributed by atoms with Crippen molar-refractivity contribution >= 4 is 11.9 Å². The van der Waals surface area contributed by atoms with Gasteiger partial charge in [0, 0.05) is 5.92 Å². The van der Waals surface area contributed by atoms with Crippen LogP contribution in [0.15, 0.2) is 36.9 Å². The Morgan fingerprint density at radius 1 is 1.41 bits per heavy atom. The van der Waals surface area contributed by atoms with E-state index in [0.29, 0.717) is 25.7 Å². The number of aliphatic carboxylic acids is 1. The maximum atomic E-state index is 13.1. The van der Waals surface area contributed by atoms with Crippen LogP contribution in [0, 0.1) is 11.7 Å². The lowest BCUT2D eigenvalue weighted by atomic mass is 9.99. The van der Waals surface area contributed by atoms with Gasteiger partial charge in [0.1, 0.15) is 11.9 Å². The minimum atomic E-state index is -1.05. The second kappa shape index (κ2) is 8.97. The molecule has 4 nitrogen and oxygen atoms in total. The minimum absolute atomic E-state index is 0.298. The molecule has 0 aliphatic rings. The summed E-state index contributed by atoms with van der Waals surface area (Å²) in [6.07, 6.45) is 3.56. The third kappa shape index (κ3) is 6.08. The first kappa shape index (κ1) is 17.9. The highest BCUT2D eigenvalue weighted by Crippen LogP contribution is 2.12. The van der Waals surface area contributed by atoms with Gasteiger partial charge in [0.2, 0.25) is 5.91 Å². The number of aryl methyl sites for hydroxylation is 1. The molecule has 0 spiro atoms. The number of hydrogen-bond donors (Lipinski definition) is 2. The largest absolute Gasteiger partial charge is 0.480 e. The molecule has 0 aromatic heterocycles. The molecule has 1 aromatic rings. The summed E-state index contributed by atoms with van der Waals surface area (Å²) in [5.74, 6) is -1.99. The van der Waals surface area contributed by atoms with Gasteiger partial charge in [-0.2, -0.15) is 0 Å². The average molecular weight is 307 g/mol. The standard InChI is InChI=1S/C17H22FNO3/c1-3-4-8-15(17(21)22)19-16(20)12(2)9-10-13-6-5-7-14(18)11-13/h3,5-7,11-12,15H,1,4,8-10H2,2H3,(H,19,20)(H,21,22). The first-order chi connectivity index (χ1) is 10.4. The van der Waals surface area contributed by atoms with Crippen molar-refractivity contribution in [3.05, 3.63) is 48.3 Å². The molecule has 120 valence electrons. The number of rotatable bonds is 9. The van der Waals surface area contributed by atoms with Gasteiger partial charge >= 0.3 is 5.97 Å². The van der Waals surface area contributed by atoms with Gasteiger partial charge in [-0.25, -0.2) is 9.18 Å². The van der Waals surface area contributed by atoms with E-state index in [-0.39, 0.29) is 17.6 Å². The first-order valence-corrected chi connectivity index (χ1v) is 7.32. The Balaban J connectivity index is 2.49. The minimum Gasteiger partial charge on any atom is -0.480 e. The van der Waals surface area contributed by atoms with Crippen LogP contribution in [0.5, 0.6) is 0 Å². The summed E-state index contributed by atoms with van der Waals surface area (Å²) < 4.78 is 13.1. The number of halogens is 1. The molecule has 0 aliphatic heterocycles. The number of carbonyl (C=O) groups is 2. The second-order valence-electron chi connectivity index (χ2n) is 5.34. The van der Waals surface area contributed by atoms with E-state index in [1.807, 2.05) is 0 Å². The highest BCUT2D eigenvalue weighted by Gasteiger charge is 2.22. The predicted molar refractivity (Wildman–Crippen MR) is 82.9 cm³/mol. The van der Waals surface area contributed by atoms with Crippen molar-refractivity contribution in [1.29, 1.82) is 0 Å². The Morgan fingerprint density at radius 3 is 2.73 bits per heavy atom. The molecule has 5 heteroatoms. The monoisotopic (exact) mass is 307 g/mol. The van der Waals surface area contributed by atoms with Gasteiger partial charge in [-0.1, -0.05) is 25.1 Å². The highest BCUT2D eigenvalue weighted by atomic mass is 19.1. The molecule has 22 heavy (non-hydrogen) atoms. The normalized spacial score (nSPS) is 13.2. The van der Waals surface area contributed by atoms with Crippen LogP contribution in [-0.2, 0) is 16.0 Å². The third-order valence-electron chi connectivity index (χ3n) is 3.48. The lowest BCUT2D eigenvalue weighted by Crippen LogP contribution is -2.43. The number of allylic oxidation sites excluding steroid dienone is 1. The van der Waals surface area contributed by atoms with Crippen molar-refractivity contribution in [3.8, 4) is 0 Å². The van der Waals surface area contributed by atoms with E-state index < -0.39 is 12.0 Å². The SMILES string of the molecule is C=CCCC(NC(=O)C(C)CCc1cccc(F)c1)C(=O)O. The fourth-order valence-electron chi connectivity index (χ4n) is 2.06. The molecule has 0 heterocycles. The van der Waals surface area contributed by atoms with Crippen molar-refractivity contribution < 1.29 is 19.1 Å². The molecule has 1 amide bonds. The van der Waals surface area contributed by atoms with Gasteiger partial charge in [-0.3, -0.25) is 4.79 Å². The van der Waals surface area contributed by atoms with Gasteiger partial charge in [0.15, 0.2) is 0 Å². The fourth-order valence-corrected chi connectivity index (χ4v) is 2.06. The van der Waals surface area contributed by atoms with E-state index in [9.17, 15) is 14.0 Å². The number of carboxylic acid groups (broad SMARTS) is 1. The number of hydrogen-bond acceptors (Lipinski definition) is 2. The first-order valence-electron chi connectivity index (χ1n) is 7.32. The molecule has 0 saturated heterocycles. The Labute approximate surface area is 130 Å². The topological polar surface area (TPSA) is 66.4 Å². The van der Waals surface area contributed by atoms with Crippen molar-refractivity contribution in [3.63, 3.8) is 0 Å². The number of benzene rings is 1. The zero-order chi connectivity index (χ0) is 16.5. The van der Waals surface area contributed by atoms with E-state index in [1.165, 1.54) is 12.1 Å². The van der Waals surface area contributed by atoms with E-state index in [2.05, 4.69) is 11.9 Å². The number of amides is 1. The smallest absolute Gasteiger partial charge is 0.326 e. The molecule has 2 N–H and O–H groups in total. The molecular weight excluding hydrogens is 285 g/mol. The number of carbonyl (C=O) groups excluding carboxylic acids is 1. The zero-order valence-electron chi connectivity index (χ0n) is 12.7. The molecule has 1 aromatic carbocycles. The van der Waals surface area contributed by atoms with Gasteiger partial charge < -0.3 is 10.4 Å². The molecule has 0 radical (unpaired) electrons. The van der Waals surface area contributed by atoms with Crippen LogP contribution in [0.2, 0.25) is 0 Å². The van der Waals surface area contributed by atoms with Crippen molar-refractivity contribution in [2.75, 3.05) is 0 Å². The summed E-state index contributed by atoms with van der Waals surface area (Å²) >= 11 is 0. The maximum absolute atomic E-state index is 13.1. The van der Waals surface area contributed by atoms with Crippen LogP contribution in [0.4, 0.5) is 4.39 Å². The number of carboxylic acids is 1. The predicted octanol–water partition coefficient (Wildman–Crippen LogP) is 2.93. The summed E-state index contributed by atoms with van der Waals surface area (Å²) in [7, 11) is 0. The van der Waals surface area contributed by atoms with Crippen LogP contribution in [0.1, 0.15) is 31.7 Å². The van der Waals surface area contributed by atoms with Crippen LogP contribution in [-0.4, -0.2) is 23.0 Å². The van der Waals surface area contributed by atoms with Gasteiger partial charge in [-0.15, -0.1) is 6.58 Å². The van der Waals surface area contributed by atoms with E-state index in [4.69, 9.17) is 5.11 Å². The number of nitrogens with one attached hydrogen (secondary N) is 1. The molecule has 0 saturated carbocycles. The van der Waals surface area contributed by atoms with Crippen LogP contribution < -0.4 is 5.32 Å². The van der Waals surface area contributed by atoms with Crippen molar-refractivity contribution in [1.82, 2.24) is 5.32 Å². The Kier molecular flexibility index (Phi) is 7.29. The summed E-state index contributed by atoms with van der Waals surface area (Å²) in [6, 6.07) is 5.34. The summed E-state index contributed by atoms with van der Waals surface area (Å²) in [4.78, 5) is 23.1. The lowest BCUT2D eigenvalue weighted by Gasteiger charge is -2.17. The van der Waals surface area contributed by atoms with E-state index in [0.717, 1.165) is 5.56 Å². The van der Waals surface area contributed by atoms with Crippen LogP contribution >= 0.6 is 0 Å². The lowest BCUT2D eigenvalue weighted by molar-refractivity contribution is -0.142. The summed E-state index contributed by atoms with van der Waals surface area (Å²) in [5.41, 5.74) is 0.820. The maximum Gasteiger partial charge on any atom is 0.326 e.